The first-order valence-corrected chi connectivity index (χ1v) is 8.48. The molecule has 0 aliphatic rings. The first kappa shape index (κ1) is 19.9. The minimum absolute atomic E-state index is 0.128. The van der Waals surface area contributed by atoms with Gasteiger partial charge < -0.3 is 20.7 Å². The molecular weight excluding hydrogens is 306 g/mol. The lowest BCUT2D eigenvalue weighted by Crippen LogP contribution is -2.42. The molecule has 0 atom stereocenters. The van der Waals surface area contributed by atoms with Crippen LogP contribution in [0.2, 0.25) is 0 Å². The van der Waals surface area contributed by atoms with E-state index >= 15 is 0 Å². The summed E-state index contributed by atoms with van der Waals surface area (Å²) in [5.41, 5.74) is 0.558. The summed E-state index contributed by atoms with van der Waals surface area (Å²) in [5.74, 6) is 0.594. The van der Waals surface area contributed by atoms with E-state index in [-0.39, 0.29) is 5.91 Å². The number of amides is 1. The molecule has 1 aromatic heterocycles. The minimum atomic E-state index is -0.128. The van der Waals surface area contributed by atoms with Gasteiger partial charge >= 0.3 is 0 Å². The summed E-state index contributed by atoms with van der Waals surface area (Å²) >= 11 is 0. The maximum Gasteiger partial charge on any atom is 0.252 e. The first-order chi connectivity index (χ1) is 11.8. The number of unbranched alkanes of at least 4 members (excludes halogenated alkanes) is 1. The number of guanidine groups is 1. The van der Waals surface area contributed by atoms with Crippen molar-refractivity contribution in [2.75, 3.05) is 39.9 Å². The van der Waals surface area contributed by atoms with Gasteiger partial charge in [-0.2, -0.15) is 0 Å². The molecule has 1 heterocycles. The van der Waals surface area contributed by atoms with Crippen molar-refractivity contribution in [1.29, 1.82) is 0 Å². The van der Waals surface area contributed by atoms with Gasteiger partial charge in [0.15, 0.2) is 5.96 Å². The normalized spacial score (nSPS) is 11.2. The van der Waals surface area contributed by atoms with Crippen molar-refractivity contribution < 1.29 is 9.53 Å². The number of carbonyl (C=O) groups excluding carboxylic acids is 1. The number of ether oxygens (including phenoxy) is 1. The van der Waals surface area contributed by atoms with Crippen LogP contribution in [0.1, 0.15) is 36.5 Å². The Morgan fingerprint density at radius 2 is 1.92 bits per heavy atom. The Bertz CT molecular complexity index is 479. The first-order valence-electron chi connectivity index (χ1n) is 8.48. The molecule has 0 spiro atoms. The van der Waals surface area contributed by atoms with Crippen LogP contribution in [-0.2, 0) is 4.74 Å². The van der Waals surface area contributed by atoms with E-state index in [1.807, 2.05) is 0 Å². The third-order valence-corrected chi connectivity index (χ3v) is 3.25. The Kier molecular flexibility index (Phi) is 11.0. The molecule has 0 aliphatic carbocycles. The fraction of sp³-hybridized carbons (Fsp3) is 0.588. The molecule has 1 aromatic rings. The van der Waals surface area contributed by atoms with Gasteiger partial charge in [-0.25, -0.2) is 0 Å². The molecule has 7 nitrogen and oxygen atoms in total. The van der Waals surface area contributed by atoms with E-state index in [0.717, 1.165) is 45.0 Å². The van der Waals surface area contributed by atoms with Crippen LogP contribution in [-0.4, -0.2) is 56.7 Å². The molecule has 0 aliphatic heterocycles. The molecule has 0 fully saturated rings. The van der Waals surface area contributed by atoms with Crippen LogP contribution in [0.5, 0.6) is 0 Å². The van der Waals surface area contributed by atoms with E-state index in [9.17, 15) is 4.79 Å². The number of nitrogens with one attached hydrogen (secondary N) is 3. The number of hydrogen-bond acceptors (Lipinski definition) is 4. The van der Waals surface area contributed by atoms with Crippen LogP contribution in [0.25, 0.3) is 0 Å². The van der Waals surface area contributed by atoms with Gasteiger partial charge in [0.1, 0.15) is 0 Å². The van der Waals surface area contributed by atoms with Crippen molar-refractivity contribution in [2.24, 2.45) is 4.99 Å². The number of aliphatic imine (C=N–C) groups is 1. The number of nitrogens with zero attached hydrogens (tertiary/aromatic N) is 2. The lowest BCUT2D eigenvalue weighted by molar-refractivity contribution is 0.0954. The number of rotatable bonds is 11. The lowest BCUT2D eigenvalue weighted by atomic mass is 10.3. The second-order valence-electron chi connectivity index (χ2n) is 5.24. The van der Waals surface area contributed by atoms with Gasteiger partial charge in [0, 0.05) is 52.3 Å². The lowest BCUT2D eigenvalue weighted by Gasteiger charge is -2.12. The van der Waals surface area contributed by atoms with Crippen molar-refractivity contribution in [2.45, 2.75) is 26.2 Å². The molecule has 1 amide bonds. The molecule has 0 aromatic carbocycles. The summed E-state index contributed by atoms with van der Waals surface area (Å²) < 4.78 is 5.50. The molecule has 0 saturated heterocycles. The van der Waals surface area contributed by atoms with Gasteiger partial charge in [0.05, 0.1) is 5.56 Å². The third kappa shape index (κ3) is 9.09. The highest BCUT2D eigenvalue weighted by Gasteiger charge is 2.03. The molecule has 0 saturated carbocycles. The highest BCUT2D eigenvalue weighted by atomic mass is 16.5. The van der Waals surface area contributed by atoms with Gasteiger partial charge in [0.25, 0.3) is 5.91 Å². The standard InChI is InChI=1S/C17H29N5O2/c1-3-4-12-24-13-6-9-21-17(18-2)22-11-10-20-16(23)15-7-5-8-19-14-15/h5,7-8,14H,3-4,6,9-13H2,1-2H3,(H,20,23)(H2,18,21,22). The summed E-state index contributed by atoms with van der Waals surface area (Å²) in [5, 5.41) is 9.20. The number of aromatic nitrogens is 1. The maximum absolute atomic E-state index is 11.8. The zero-order valence-electron chi connectivity index (χ0n) is 14.7. The van der Waals surface area contributed by atoms with E-state index < -0.39 is 0 Å². The molecule has 134 valence electrons. The Morgan fingerprint density at radius 3 is 2.62 bits per heavy atom. The summed E-state index contributed by atoms with van der Waals surface area (Å²) in [6, 6.07) is 3.48. The number of carbonyl (C=O) groups is 1. The van der Waals surface area contributed by atoms with Crippen LogP contribution in [0.15, 0.2) is 29.5 Å². The van der Waals surface area contributed by atoms with Crippen molar-refractivity contribution in [3.05, 3.63) is 30.1 Å². The number of pyridine rings is 1. The smallest absolute Gasteiger partial charge is 0.252 e. The Morgan fingerprint density at radius 1 is 1.17 bits per heavy atom. The summed E-state index contributed by atoms with van der Waals surface area (Å²) in [6.45, 7) is 5.64. The average Bonchev–Trinajstić information content (AvgIpc) is 2.63. The fourth-order valence-electron chi connectivity index (χ4n) is 1.91. The molecule has 0 unspecified atom stereocenters. The second kappa shape index (κ2) is 13.3. The average molecular weight is 335 g/mol. The Balaban J connectivity index is 2.06. The topological polar surface area (TPSA) is 87.6 Å². The quantitative estimate of drug-likeness (QED) is 0.321. The minimum Gasteiger partial charge on any atom is -0.381 e. The van der Waals surface area contributed by atoms with E-state index in [2.05, 4.69) is 32.9 Å². The number of hydrogen-bond donors (Lipinski definition) is 3. The van der Waals surface area contributed by atoms with Crippen molar-refractivity contribution in [3.63, 3.8) is 0 Å². The van der Waals surface area contributed by atoms with E-state index in [4.69, 9.17) is 4.74 Å². The maximum atomic E-state index is 11.8. The SMILES string of the molecule is CCCCOCCCNC(=NC)NCCNC(=O)c1cccnc1. The molecular formula is C17H29N5O2. The molecule has 3 N–H and O–H groups in total. The molecule has 1 rings (SSSR count). The Hall–Kier alpha value is -2.15. The third-order valence-electron chi connectivity index (χ3n) is 3.25. The molecule has 0 radical (unpaired) electrons. The van der Waals surface area contributed by atoms with E-state index in [0.29, 0.717) is 18.7 Å². The van der Waals surface area contributed by atoms with Crippen LogP contribution >= 0.6 is 0 Å². The summed E-state index contributed by atoms with van der Waals surface area (Å²) in [6.07, 6.45) is 6.39. The zero-order chi connectivity index (χ0) is 17.5. The van der Waals surface area contributed by atoms with E-state index in [1.165, 1.54) is 0 Å². The summed E-state index contributed by atoms with van der Waals surface area (Å²) in [7, 11) is 1.72. The van der Waals surface area contributed by atoms with Crippen LogP contribution in [0, 0.1) is 0 Å². The van der Waals surface area contributed by atoms with Gasteiger partial charge in [0.2, 0.25) is 0 Å². The van der Waals surface area contributed by atoms with Gasteiger partial charge in [-0.1, -0.05) is 13.3 Å². The van der Waals surface area contributed by atoms with Crippen LogP contribution < -0.4 is 16.0 Å². The van der Waals surface area contributed by atoms with Crippen LogP contribution in [0.4, 0.5) is 0 Å². The van der Waals surface area contributed by atoms with Gasteiger partial charge in [-0.15, -0.1) is 0 Å². The molecule has 0 bridgehead atoms. The van der Waals surface area contributed by atoms with Gasteiger partial charge in [-0.05, 0) is 25.0 Å². The zero-order valence-corrected chi connectivity index (χ0v) is 14.7. The fourth-order valence-corrected chi connectivity index (χ4v) is 1.91. The van der Waals surface area contributed by atoms with E-state index in [1.54, 1.807) is 31.6 Å². The van der Waals surface area contributed by atoms with Crippen molar-refractivity contribution in [3.8, 4) is 0 Å². The highest BCUT2D eigenvalue weighted by molar-refractivity contribution is 5.93. The van der Waals surface area contributed by atoms with Gasteiger partial charge in [-0.3, -0.25) is 14.8 Å². The predicted octanol–water partition coefficient (Wildman–Crippen LogP) is 1.18. The predicted molar refractivity (Wildman–Crippen MR) is 96.3 cm³/mol. The summed E-state index contributed by atoms with van der Waals surface area (Å²) in [4.78, 5) is 19.9. The highest BCUT2D eigenvalue weighted by Crippen LogP contribution is 1.94. The van der Waals surface area contributed by atoms with Crippen molar-refractivity contribution in [1.82, 2.24) is 20.9 Å². The van der Waals surface area contributed by atoms with Crippen molar-refractivity contribution >= 4 is 11.9 Å². The molecule has 24 heavy (non-hydrogen) atoms. The largest absolute Gasteiger partial charge is 0.381 e. The molecule has 7 heteroatoms. The second-order valence-corrected chi connectivity index (χ2v) is 5.24. The Labute approximate surface area is 144 Å². The van der Waals surface area contributed by atoms with Crippen LogP contribution in [0.3, 0.4) is 0 Å². The monoisotopic (exact) mass is 335 g/mol.